The fraction of sp³-hybridized carbons (Fsp3) is 0.835. The number of ether oxygens (including phenoxy) is 6. The molecule has 0 bridgehead atoms. The van der Waals surface area contributed by atoms with Crippen LogP contribution in [0, 0.1) is 0 Å². The predicted molar refractivity (Wildman–Crippen MR) is 388 cm³/mol. The molecule has 3 rings (SSSR count). The maximum absolute atomic E-state index is 13.4. The Balaban J connectivity index is 1.33. The molecule has 0 spiro atoms. The molecule has 98 heavy (non-hydrogen) atoms. The Morgan fingerprint density at radius 3 is 1.09 bits per heavy atom. The minimum absolute atomic E-state index is 0.232. The Bertz CT molecular complexity index is 2050. The van der Waals surface area contributed by atoms with Crippen molar-refractivity contribution in [2.45, 2.75) is 394 Å². The van der Waals surface area contributed by atoms with Gasteiger partial charge in [0.2, 0.25) is 5.91 Å². The number of carbonyl (C=O) groups is 1. The van der Waals surface area contributed by atoms with Gasteiger partial charge in [-0.2, -0.15) is 0 Å². The highest BCUT2D eigenvalue weighted by Gasteiger charge is 2.53. The molecule has 0 radical (unpaired) electrons. The zero-order valence-corrected chi connectivity index (χ0v) is 60.8. The summed E-state index contributed by atoms with van der Waals surface area (Å²) in [6.07, 6.45) is 50.5. The maximum atomic E-state index is 13.4. The van der Waals surface area contributed by atoms with Gasteiger partial charge in [-0.3, -0.25) is 4.79 Å². The SMILES string of the molecule is CCCCCCC/C=C\C/C=C\C/C=C\CCCCCCCCCCCCCCCCCCCCCCCCC(=O)NC(COC1OC(CO)C(OC2OC(CO)C(OC3OC(CO)C(O)C(O)C3O)C(O)C2O)C(O)C1O)C(O)/C=C/CC/C=C/CC/C=C/CCCCCCCC. The van der Waals surface area contributed by atoms with Crippen LogP contribution in [0.5, 0.6) is 0 Å². The average Bonchev–Trinajstić information content (AvgIpc) is 0.784. The van der Waals surface area contributed by atoms with E-state index in [2.05, 4.69) is 79.9 Å². The fourth-order valence-corrected chi connectivity index (χ4v) is 12.9. The topological polar surface area (TPSA) is 307 Å². The molecule has 19 nitrogen and oxygen atoms in total. The lowest BCUT2D eigenvalue weighted by Gasteiger charge is -2.48. The molecule has 1 amide bonds. The molecule has 3 heterocycles. The van der Waals surface area contributed by atoms with Crippen molar-refractivity contribution in [1.29, 1.82) is 0 Å². The average molecular weight is 1390 g/mol. The van der Waals surface area contributed by atoms with Crippen molar-refractivity contribution in [3.63, 3.8) is 0 Å². The molecule has 0 aromatic heterocycles. The molecule has 17 unspecified atom stereocenters. The summed E-state index contributed by atoms with van der Waals surface area (Å²) >= 11 is 0. The summed E-state index contributed by atoms with van der Waals surface area (Å²) in [7, 11) is 0. The van der Waals surface area contributed by atoms with Crippen molar-refractivity contribution in [3.05, 3.63) is 72.9 Å². The highest BCUT2D eigenvalue weighted by Crippen LogP contribution is 2.33. The number of hydrogen-bond donors (Lipinski definition) is 12. The van der Waals surface area contributed by atoms with E-state index < -0.39 is 124 Å². The monoisotopic (exact) mass is 1390 g/mol. The van der Waals surface area contributed by atoms with Gasteiger partial charge in [0.1, 0.15) is 73.2 Å². The largest absolute Gasteiger partial charge is 0.394 e. The summed E-state index contributed by atoms with van der Waals surface area (Å²) < 4.78 is 34.4. The van der Waals surface area contributed by atoms with Crippen molar-refractivity contribution in [3.8, 4) is 0 Å². The molecule has 570 valence electrons. The third kappa shape index (κ3) is 39.8. The number of aliphatic hydroxyl groups excluding tert-OH is 11. The molecule has 17 atom stereocenters. The number of allylic oxidation sites excluding steroid dienone is 11. The normalized spacial score (nSPS) is 27.1. The number of hydrogen-bond acceptors (Lipinski definition) is 18. The van der Waals surface area contributed by atoms with Crippen molar-refractivity contribution < 1.29 is 89.4 Å². The molecule has 0 aromatic rings. The van der Waals surface area contributed by atoms with E-state index in [4.69, 9.17) is 28.4 Å². The number of rotatable bonds is 61. The number of carbonyl (C=O) groups excluding carboxylic acids is 1. The van der Waals surface area contributed by atoms with E-state index in [0.29, 0.717) is 12.8 Å². The van der Waals surface area contributed by atoms with Gasteiger partial charge >= 0.3 is 0 Å². The van der Waals surface area contributed by atoms with Gasteiger partial charge in [0.15, 0.2) is 18.9 Å². The minimum atomic E-state index is -1.98. The zero-order chi connectivity index (χ0) is 71.1. The Hall–Kier alpha value is -2.77. The zero-order valence-electron chi connectivity index (χ0n) is 60.8. The third-order valence-electron chi connectivity index (χ3n) is 19.2. The molecule has 0 aliphatic carbocycles. The highest BCUT2D eigenvalue weighted by molar-refractivity contribution is 5.76. The first kappa shape index (κ1) is 89.4. The quantitative estimate of drug-likeness (QED) is 0.0199. The van der Waals surface area contributed by atoms with Crippen molar-refractivity contribution in [2.24, 2.45) is 0 Å². The number of nitrogens with one attached hydrogen (secondary N) is 1. The number of amides is 1. The lowest BCUT2D eigenvalue weighted by atomic mass is 9.96. The van der Waals surface area contributed by atoms with E-state index in [1.165, 1.54) is 199 Å². The van der Waals surface area contributed by atoms with E-state index >= 15 is 0 Å². The number of aliphatic hydroxyl groups is 11. The van der Waals surface area contributed by atoms with Gasteiger partial charge in [-0.15, -0.1) is 0 Å². The van der Waals surface area contributed by atoms with Gasteiger partial charge in [0.05, 0.1) is 38.6 Å². The number of unbranched alkanes of at least 4 members (excludes halogenated alkanes) is 35. The highest BCUT2D eigenvalue weighted by atomic mass is 16.8. The first-order chi connectivity index (χ1) is 47.8. The van der Waals surface area contributed by atoms with Gasteiger partial charge < -0.3 is 89.9 Å². The van der Waals surface area contributed by atoms with Crippen LogP contribution < -0.4 is 5.32 Å². The molecule has 3 saturated heterocycles. The molecular formula is C79H141NO18. The van der Waals surface area contributed by atoms with Crippen LogP contribution in [0.25, 0.3) is 0 Å². The van der Waals surface area contributed by atoms with Gasteiger partial charge in [-0.1, -0.05) is 273 Å². The van der Waals surface area contributed by atoms with Crippen LogP contribution in [-0.4, -0.2) is 193 Å². The Morgan fingerprint density at radius 2 is 0.684 bits per heavy atom. The van der Waals surface area contributed by atoms with Crippen LogP contribution in [0.3, 0.4) is 0 Å². The fourth-order valence-electron chi connectivity index (χ4n) is 12.9. The second-order valence-corrected chi connectivity index (χ2v) is 27.8. The van der Waals surface area contributed by atoms with Gasteiger partial charge in [0, 0.05) is 6.42 Å². The molecule has 19 heteroatoms. The summed E-state index contributed by atoms with van der Waals surface area (Å²) in [4.78, 5) is 13.4. The van der Waals surface area contributed by atoms with Crippen LogP contribution in [0.2, 0.25) is 0 Å². The van der Waals surface area contributed by atoms with E-state index in [-0.39, 0.29) is 18.9 Å². The van der Waals surface area contributed by atoms with Crippen LogP contribution in [0.4, 0.5) is 0 Å². The van der Waals surface area contributed by atoms with E-state index in [9.17, 15) is 61.0 Å². The van der Waals surface area contributed by atoms with Gasteiger partial charge in [-0.25, -0.2) is 0 Å². The maximum Gasteiger partial charge on any atom is 0.220 e. The van der Waals surface area contributed by atoms with E-state index in [1.807, 2.05) is 6.08 Å². The Kier molecular flexibility index (Phi) is 54.4. The molecule has 3 fully saturated rings. The summed E-state index contributed by atoms with van der Waals surface area (Å²) in [6, 6.07) is -0.998. The molecule has 3 aliphatic rings. The lowest BCUT2D eigenvalue weighted by molar-refractivity contribution is -0.379. The van der Waals surface area contributed by atoms with E-state index in [0.717, 1.165) is 57.8 Å². The second-order valence-electron chi connectivity index (χ2n) is 27.8. The Morgan fingerprint density at radius 1 is 0.367 bits per heavy atom. The molecule has 12 N–H and O–H groups in total. The van der Waals surface area contributed by atoms with Crippen LogP contribution in [-0.2, 0) is 33.2 Å². The molecule has 3 aliphatic heterocycles. The summed E-state index contributed by atoms with van der Waals surface area (Å²) in [5.41, 5.74) is 0. The smallest absolute Gasteiger partial charge is 0.220 e. The molecule has 0 aromatic carbocycles. The van der Waals surface area contributed by atoms with Gasteiger partial charge in [0.25, 0.3) is 0 Å². The molecule has 0 saturated carbocycles. The second kappa shape index (κ2) is 59.6. The standard InChI is InChI=1S/C79H141NO18/c1-3-5-7-9-11-13-15-17-19-21-22-23-24-25-26-27-28-29-30-31-32-33-34-35-36-37-38-39-40-41-43-45-47-49-51-53-55-57-67(85)80-62(63(84)56-54-52-50-48-46-44-42-20-18-16-14-12-10-8-6-4-2)61-93-77-73(91)70(88)75(65(59-82)95-77)98-79-74(92)71(89)76(66(60-83)96-79)97-78-72(90)69(87)68(86)64(58-81)94-78/h15,17-18,20-22,24-25,46,48,54,56,62-66,68-79,81-84,86-92H,3-14,16,19,23,26-45,47,49-53,55,57-61H2,1-2H3,(H,80,85)/b17-15-,20-18+,22-21-,25-24-,48-46+,56-54+. The Labute approximate surface area is 591 Å². The van der Waals surface area contributed by atoms with Crippen LogP contribution >= 0.6 is 0 Å². The van der Waals surface area contributed by atoms with Gasteiger partial charge in [-0.05, 0) is 83.5 Å². The molecular weight excluding hydrogens is 1250 g/mol. The first-order valence-corrected chi connectivity index (χ1v) is 39.2. The summed E-state index contributed by atoms with van der Waals surface area (Å²) in [6.45, 7) is 1.70. The predicted octanol–water partition coefficient (Wildman–Crippen LogP) is 12.4. The van der Waals surface area contributed by atoms with Crippen molar-refractivity contribution >= 4 is 5.91 Å². The lowest BCUT2D eigenvalue weighted by Crippen LogP contribution is -2.66. The first-order valence-electron chi connectivity index (χ1n) is 39.2. The summed E-state index contributed by atoms with van der Waals surface area (Å²) in [5, 5.41) is 121. The summed E-state index contributed by atoms with van der Waals surface area (Å²) in [5.74, 6) is -0.287. The third-order valence-corrected chi connectivity index (χ3v) is 19.2. The van der Waals surface area contributed by atoms with Crippen LogP contribution in [0.1, 0.15) is 290 Å². The van der Waals surface area contributed by atoms with Crippen molar-refractivity contribution in [2.75, 3.05) is 26.4 Å². The van der Waals surface area contributed by atoms with Crippen molar-refractivity contribution in [1.82, 2.24) is 5.32 Å². The van der Waals surface area contributed by atoms with Crippen LogP contribution in [0.15, 0.2) is 72.9 Å². The minimum Gasteiger partial charge on any atom is -0.394 e. The van der Waals surface area contributed by atoms with E-state index in [1.54, 1.807) is 6.08 Å².